The van der Waals surface area contributed by atoms with Crippen LogP contribution in [0.15, 0.2) is 24.3 Å². The molecule has 0 spiro atoms. The minimum Gasteiger partial charge on any atom is -0.486 e. The molecule has 0 radical (unpaired) electrons. The Hall–Kier alpha value is -2.38. The Morgan fingerprint density at radius 1 is 1.14 bits per heavy atom. The van der Waals surface area contributed by atoms with E-state index >= 15 is 0 Å². The Bertz CT molecular complexity index is 938. The summed E-state index contributed by atoms with van der Waals surface area (Å²) < 4.78 is 6.13. The zero-order chi connectivity index (χ0) is 20.7. The molecule has 2 N–H and O–H groups in total. The van der Waals surface area contributed by atoms with Crippen molar-refractivity contribution >= 4 is 23.4 Å². The molecule has 1 saturated heterocycles. The van der Waals surface area contributed by atoms with Crippen molar-refractivity contribution < 1.29 is 19.7 Å². The van der Waals surface area contributed by atoms with Crippen LogP contribution in [0, 0.1) is 25.7 Å². The number of aryl methyl sites for hydroxylation is 2. The second kappa shape index (κ2) is 7.80. The Morgan fingerprint density at radius 2 is 1.86 bits per heavy atom. The van der Waals surface area contributed by atoms with Crippen molar-refractivity contribution in [3.8, 4) is 5.75 Å². The molecule has 7 nitrogen and oxygen atoms in total. The van der Waals surface area contributed by atoms with Crippen molar-refractivity contribution in [3.05, 3.63) is 46.4 Å². The van der Waals surface area contributed by atoms with E-state index in [-0.39, 0.29) is 16.8 Å². The summed E-state index contributed by atoms with van der Waals surface area (Å²) in [6.07, 6.45) is 0.537. The summed E-state index contributed by atoms with van der Waals surface area (Å²) >= 11 is 5.94. The predicted octanol–water partition coefficient (Wildman–Crippen LogP) is 3.10. The van der Waals surface area contributed by atoms with Crippen molar-refractivity contribution in [1.29, 1.82) is 0 Å². The molecule has 2 fully saturated rings. The normalized spacial score (nSPS) is 26.3. The molecule has 2 aromatic heterocycles. The Kier molecular flexibility index (Phi) is 5.36. The highest BCUT2D eigenvalue weighted by atomic mass is 35.5. The fourth-order valence-corrected chi connectivity index (χ4v) is 4.61. The second-order valence-electron chi connectivity index (χ2n) is 7.96. The first-order valence-corrected chi connectivity index (χ1v) is 10.1. The van der Waals surface area contributed by atoms with Crippen molar-refractivity contribution in [1.82, 2.24) is 9.97 Å². The lowest BCUT2D eigenvalue weighted by Crippen LogP contribution is -2.42. The number of rotatable bonds is 4. The van der Waals surface area contributed by atoms with Gasteiger partial charge in [0.05, 0.1) is 16.8 Å². The van der Waals surface area contributed by atoms with Crippen LogP contribution in [-0.2, 0) is 0 Å². The van der Waals surface area contributed by atoms with E-state index < -0.39 is 12.1 Å². The molecule has 0 amide bonds. The van der Waals surface area contributed by atoms with Crippen LogP contribution in [0.25, 0.3) is 0 Å². The number of hydrogen-bond donors (Lipinski definition) is 2. The van der Waals surface area contributed by atoms with Crippen molar-refractivity contribution in [2.45, 2.75) is 38.9 Å². The molecule has 1 aliphatic heterocycles. The Morgan fingerprint density at radius 3 is 2.55 bits per heavy atom. The van der Waals surface area contributed by atoms with Gasteiger partial charge in [-0.1, -0.05) is 11.6 Å². The van der Waals surface area contributed by atoms with E-state index in [1.54, 1.807) is 12.1 Å². The smallest absolute Gasteiger partial charge is 0.356 e. The number of aliphatic hydroxyl groups is 1. The summed E-state index contributed by atoms with van der Waals surface area (Å²) in [5.74, 6) is 0.824. The molecule has 1 aliphatic carbocycles. The fourth-order valence-electron chi connectivity index (χ4n) is 4.42. The molecule has 8 heteroatoms. The van der Waals surface area contributed by atoms with E-state index in [4.69, 9.17) is 16.3 Å². The van der Waals surface area contributed by atoms with Gasteiger partial charge in [0, 0.05) is 18.8 Å². The van der Waals surface area contributed by atoms with Crippen LogP contribution in [0.5, 0.6) is 5.75 Å². The average molecular weight is 418 g/mol. The summed E-state index contributed by atoms with van der Waals surface area (Å²) in [5, 5.41) is 20.1. The number of anilines is 1. The zero-order valence-corrected chi connectivity index (χ0v) is 17.1. The minimum atomic E-state index is -1.14. The van der Waals surface area contributed by atoms with Crippen LogP contribution in [-0.4, -0.2) is 51.4 Å². The van der Waals surface area contributed by atoms with Gasteiger partial charge in [0.2, 0.25) is 0 Å². The standard InChI is InChI=1S/C21H24ClN3O4/c1-11-3-5-17(12(2)23-11)29-18-8-14-10-25(9-13(14)7-16(18)26)19-6-4-15(22)20(24-19)21(27)28/h3-6,13-14,16,18,26H,7-10H2,1-2H3,(H,27,28)/t13-,14+,16+,18+/m0/s1. The molecule has 0 unspecified atom stereocenters. The lowest BCUT2D eigenvalue weighted by molar-refractivity contribution is -0.0236. The molecule has 0 aromatic carbocycles. The van der Waals surface area contributed by atoms with Crippen molar-refractivity contribution in [2.24, 2.45) is 11.8 Å². The van der Waals surface area contributed by atoms with Gasteiger partial charge in [0.15, 0.2) is 5.69 Å². The number of fused-ring (bicyclic) bond motifs is 1. The van der Waals surface area contributed by atoms with Crippen molar-refractivity contribution in [3.63, 3.8) is 0 Å². The first-order chi connectivity index (χ1) is 13.8. The molecule has 3 heterocycles. The summed E-state index contributed by atoms with van der Waals surface area (Å²) in [4.78, 5) is 22.1. The number of carbonyl (C=O) groups is 1. The molecule has 2 aliphatic rings. The summed E-state index contributed by atoms with van der Waals surface area (Å²) in [5.41, 5.74) is 1.61. The van der Waals surface area contributed by atoms with Crippen LogP contribution in [0.4, 0.5) is 5.82 Å². The monoisotopic (exact) mass is 417 g/mol. The van der Waals surface area contributed by atoms with Gasteiger partial charge in [-0.25, -0.2) is 9.78 Å². The van der Waals surface area contributed by atoms with Gasteiger partial charge in [-0.05, 0) is 62.8 Å². The van der Waals surface area contributed by atoms with Gasteiger partial charge in [0.1, 0.15) is 17.7 Å². The number of ether oxygens (including phenoxy) is 1. The molecule has 4 atom stereocenters. The van der Waals surface area contributed by atoms with E-state index in [9.17, 15) is 15.0 Å². The largest absolute Gasteiger partial charge is 0.486 e. The SMILES string of the molecule is Cc1ccc(O[C@@H]2C[C@@H]3CN(c4ccc(Cl)c(C(=O)O)n4)C[C@@H]3C[C@H]2O)c(C)n1. The minimum absolute atomic E-state index is 0.129. The third-order valence-corrected chi connectivity index (χ3v) is 6.20. The quantitative estimate of drug-likeness (QED) is 0.789. The van der Waals surface area contributed by atoms with Crippen LogP contribution >= 0.6 is 11.6 Å². The van der Waals surface area contributed by atoms with Crippen LogP contribution in [0.3, 0.4) is 0 Å². The zero-order valence-electron chi connectivity index (χ0n) is 16.4. The number of aromatic nitrogens is 2. The van der Waals surface area contributed by atoms with Crippen molar-refractivity contribution in [2.75, 3.05) is 18.0 Å². The number of hydrogen-bond acceptors (Lipinski definition) is 6. The highest BCUT2D eigenvalue weighted by Crippen LogP contribution is 2.39. The molecule has 154 valence electrons. The molecule has 4 rings (SSSR count). The van der Waals surface area contributed by atoms with Gasteiger partial charge in [-0.3, -0.25) is 4.98 Å². The highest BCUT2D eigenvalue weighted by Gasteiger charge is 2.43. The van der Waals surface area contributed by atoms with E-state index in [1.165, 1.54) is 0 Å². The van der Waals surface area contributed by atoms with Gasteiger partial charge in [-0.15, -0.1) is 0 Å². The maximum atomic E-state index is 11.3. The Balaban J connectivity index is 1.47. The molecular weight excluding hydrogens is 394 g/mol. The average Bonchev–Trinajstić information content (AvgIpc) is 3.07. The number of carboxylic acid groups (broad SMARTS) is 1. The van der Waals surface area contributed by atoms with Crippen LogP contribution in [0.1, 0.15) is 34.7 Å². The van der Waals surface area contributed by atoms with Gasteiger partial charge in [0.25, 0.3) is 0 Å². The molecule has 2 aromatic rings. The number of pyridine rings is 2. The summed E-state index contributed by atoms with van der Waals surface area (Å²) in [6.45, 7) is 5.32. The first-order valence-electron chi connectivity index (χ1n) is 9.75. The fraction of sp³-hybridized carbons (Fsp3) is 0.476. The third kappa shape index (κ3) is 4.02. The number of aliphatic hydroxyl groups excluding tert-OH is 1. The molecule has 1 saturated carbocycles. The molecule has 29 heavy (non-hydrogen) atoms. The highest BCUT2D eigenvalue weighted by molar-refractivity contribution is 6.33. The van der Waals surface area contributed by atoms with Crippen LogP contribution in [0.2, 0.25) is 5.02 Å². The number of nitrogens with zero attached hydrogens (tertiary/aromatic N) is 3. The number of halogens is 1. The molecular formula is C21H24ClN3O4. The Labute approximate surface area is 174 Å². The maximum absolute atomic E-state index is 11.3. The van der Waals surface area contributed by atoms with Gasteiger partial charge < -0.3 is 19.8 Å². The van der Waals surface area contributed by atoms with E-state index in [2.05, 4.69) is 14.9 Å². The second-order valence-corrected chi connectivity index (χ2v) is 8.37. The first kappa shape index (κ1) is 19.9. The van der Waals surface area contributed by atoms with E-state index in [0.29, 0.717) is 29.8 Å². The van der Waals surface area contributed by atoms with E-state index in [0.717, 1.165) is 30.9 Å². The number of aromatic carboxylic acids is 1. The molecule has 0 bridgehead atoms. The maximum Gasteiger partial charge on any atom is 0.356 e. The lowest BCUT2D eigenvalue weighted by Gasteiger charge is -2.35. The topological polar surface area (TPSA) is 95.8 Å². The van der Waals surface area contributed by atoms with Gasteiger partial charge >= 0.3 is 5.97 Å². The summed E-state index contributed by atoms with van der Waals surface area (Å²) in [7, 11) is 0. The lowest BCUT2D eigenvalue weighted by atomic mass is 9.78. The third-order valence-electron chi connectivity index (χ3n) is 5.90. The summed E-state index contributed by atoms with van der Waals surface area (Å²) in [6, 6.07) is 7.13. The van der Waals surface area contributed by atoms with E-state index in [1.807, 2.05) is 26.0 Å². The van der Waals surface area contributed by atoms with Crippen LogP contribution < -0.4 is 9.64 Å². The predicted molar refractivity (Wildman–Crippen MR) is 109 cm³/mol. The number of carboxylic acids is 1. The van der Waals surface area contributed by atoms with Gasteiger partial charge in [-0.2, -0.15) is 0 Å².